The highest BCUT2D eigenvalue weighted by atomic mass is 19.1. The van der Waals surface area contributed by atoms with Crippen molar-refractivity contribution < 1.29 is 32.2 Å². The quantitative estimate of drug-likeness (QED) is 0.491. The van der Waals surface area contributed by atoms with Gasteiger partial charge in [-0.25, -0.2) is 13.8 Å². The second-order valence-corrected chi connectivity index (χ2v) is 6.21. The monoisotopic (exact) mass is 417 g/mol. The van der Waals surface area contributed by atoms with Crippen LogP contribution in [0.25, 0.3) is 22.8 Å². The van der Waals surface area contributed by atoms with Crippen molar-refractivity contribution in [2.24, 2.45) is 0 Å². The molecule has 0 aliphatic rings. The molecule has 1 aromatic heterocycles. The number of benzene rings is 2. The minimum atomic E-state index is -0.645. The molecule has 2 aromatic carbocycles. The number of carbonyl (C=O) groups excluding carboxylic acids is 1. The number of methoxy groups -OCH3 is 1. The number of rotatable bonds is 8. The van der Waals surface area contributed by atoms with Crippen molar-refractivity contribution in [3.63, 3.8) is 0 Å². The predicted octanol–water partition coefficient (Wildman–Crippen LogP) is 4.80. The van der Waals surface area contributed by atoms with Crippen molar-refractivity contribution in [3.8, 4) is 34.3 Å². The van der Waals surface area contributed by atoms with Crippen LogP contribution < -0.4 is 9.47 Å². The molecule has 0 saturated heterocycles. The zero-order valence-electron chi connectivity index (χ0n) is 16.8. The summed E-state index contributed by atoms with van der Waals surface area (Å²) in [6, 6.07) is 8.29. The van der Waals surface area contributed by atoms with Crippen LogP contribution in [0.1, 0.15) is 19.5 Å². The molecule has 6 nitrogen and oxygen atoms in total. The Bertz CT molecular complexity index is 1030. The van der Waals surface area contributed by atoms with Gasteiger partial charge in [0.15, 0.2) is 23.1 Å². The summed E-state index contributed by atoms with van der Waals surface area (Å²) < 4.78 is 49.3. The molecule has 0 fully saturated rings. The molecule has 8 heteroatoms. The maximum atomic E-state index is 14.7. The Morgan fingerprint density at radius 2 is 1.80 bits per heavy atom. The Labute approximate surface area is 172 Å². The predicted molar refractivity (Wildman–Crippen MR) is 105 cm³/mol. The number of nitrogens with zero attached hydrogens (tertiary/aromatic N) is 1. The third-order valence-electron chi connectivity index (χ3n) is 4.19. The highest BCUT2D eigenvalue weighted by Crippen LogP contribution is 2.38. The Morgan fingerprint density at radius 3 is 2.43 bits per heavy atom. The average molecular weight is 417 g/mol. The van der Waals surface area contributed by atoms with E-state index in [2.05, 4.69) is 4.98 Å². The van der Waals surface area contributed by atoms with E-state index in [4.69, 9.17) is 18.6 Å². The lowest BCUT2D eigenvalue weighted by Gasteiger charge is -2.12. The van der Waals surface area contributed by atoms with E-state index in [1.807, 2.05) is 0 Å². The van der Waals surface area contributed by atoms with Crippen molar-refractivity contribution in [2.75, 3.05) is 20.3 Å². The van der Waals surface area contributed by atoms with Gasteiger partial charge in [0.2, 0.25) is 5.89 Å². The van der Waals surface area contributed by atoms with E-state index >= 15 is 0 Å². The zero-order valence-corrected chi connectivity index (χ0v) is 16.8. The van der Waals surface area contributed by atoms with E-state index in [-0.39, 0.29) is 48.5 Å². The first-order valence-electron chi connectivity index (χ1n) is 9.38. The smallest absolute Gasteiger partial charge is 0.312 e. The van der Waals surface area contributed by atoms with E-state index in [9.17, 15) is 13.6 Å². The zero-order chi connectivity index (χ0) is 21.7. The van der Waals surface area contributed by atoms with Gasteiger partial charge >= 0.3 is 5.97 Å². The van der Waals surface area contributed by atoms with Gasteiger partial charge in [-0.3, -0.25) is 4.79 Å². The lowest BCUT2D eigenvalue weighted by molar-refractivity contribution is -0.142. The molecule has 0 aliphatic heterocycles. The first-order chi connectivity index (χ1) is 14.5. The molecule has 30 heavy (non-hydrogen) atoms. The highest BCUT2D eigenvalue weighted by Gasteiger charge is 2.23. The third kappa shape index (κ3) is 4.59. The molecule has 0 aliphatic carbocycles. The molecular formula is C22H21F2NO5. The first-order valence-corrected chi connectivity index (χ1v) is 9.38. The number of ether oxygens (including phenoxy) is 3. The minimum absolute atomic E-state index is 0.0195. The molecule has 0 spiro atoms. The molecule has 1 heterocycles. The summed E-state index contributed by atoms with van der Waals surface area (Å²) in [6.07, 6.45) is -0.176. The van der Waals surface area contributed by atoms with Gasteiger partial charge in [-0.2, -0.15) is 0 Å². The topological polar surface area (TPSA) is 70.8 Å². The summed E-state index contributed by atoms with van der Waals surface area (Å²) in [5.74, 6) is -1.05. The lowest BCUT2D eigenvalue weighted by atomic mass is 10.1. The van der Waals surface area contributed by atoms with E-state index < -0.39 is 17.6 Å². The molecule has 0 unspecified atom stereocenters. The lowest BCUT2D eigenvalue weighted by Crippen LogP contribution is -2.08. The summed E-state index contributed by atoms with van der Waals surface area (Å²) in [5, 5.41) is 0. The summed E-state index contributed by atoms with van der Waals surface area (Å²) >= 11 is 0. The van der Waals surface area contributed by atoms with Crippen molar-refractivity contribution in [3.05, 3.63) is 53.7 Å². The third-order valence-corrected chi connectivity index (χ3v) is 4.19. The van der Waals surface area contributed by atoms with Crippen LogP contribution in [0.3, 0.4) is 0 Å². The van der Waals surface area contributed by atoms with Gasteiger partial charge in [0.25, 0.3) is 0 Å². The Hall–Kier alpha value is -3.42. The second-order valence-electron chi connectivity index (χ2n) is 6.21. The Balaban J connectivity index is 2.10. The summed E-state index contributed by atoms with van der Waals surface area (Å²) in [4.78, 5) is 16.4. The second kappa shape index (κ2) is 9.39. The molecule has 0 radical (unpaired) electrons. The van der Waals surface area contributed by atoms with Crippen LogP contribution in [0, 0.1) is 11.6 Å². The number of esters is 1. The van der Waals surface area contributed by atoms with Gasteiger partial charge in [-0.15, -0.1) is 0 Å². The van der Waals surface area contributed by atoms with Crippen LogP contribution in [-0.4, -0.2) is 31.3 Å². The number of hydrogen-bond acceptors (Lipinski definition) is 6. The normalized spacial score (nSPS) is 10.7. The molecule has 158 valence electrons. The van der Waals surface area contributed by atoms with Crippen molar-refractivity contribution >= 4 is 5.97 Å². The minimum Gasteiger partial charge on any atom is -0.493 e. The van der Waals surface area contributed by atoms with Crippen molar-refractivity contribution in [1.82, 2.24) is 4.98 Å². The van der Waals surface area contributed by atoms with Gasteiger partial charge in [-0.1, -0.05) is 0 Å². The SMILES string of the molecule is CCOC(=O)Cc1nc(-c2ccc(F)cc2)oc1-c1cc(F)c(OCC)c(OC)c1. The standard InChI is InChI=1S/C22H21F2NO5/c1-4-28-19(26)12-17-20(30-22(25-17)13-6-8-15(23)9-7-13)14-10-16(24)21(29-5-2)18(11-14)27-3/h6-11H,4-5,12H2,1-3H3. The average Bonchev–Trinajstić information content (AvgIpc) is 3.13. The van der Waals surface area contributed by atoms with E-state index in [0.717, 1.165) is 0 Å². The van der Waals surface area contributed by atoms with Crippen LogP contribution in [-0.2, 0) is 16.0 Å². The molecule has 3 aromatic rings. The highest BCUT2D eigenvalue weighted by molar-refractivity contribution is 5.76. The van der Waals surface area contributed by atoms with Gasteiger partial charge in [-0.05, 0) is 50.2 Å². The van der Waals surface area contributed by atoms with Crippen molar-refractivity contribution in [1.29, 1.82) is 0 Å². The maximum Gasteiger partial charge on any atom is 0.312 e. The first kappa shape index (κ1) is 21.3. The fourth-order valence-electron chi connectivity index (χ4n) is 2.90. The van der Waals surface area contributed by atoms with Gasteiger partial charge < -0.3 is 18.6 Å². The molecule has 0 saturated carbocycles. The van der Waals surface area contributed by atoms with Crippen LogP contribution in [0.4, 0.5) is 8.78 Å². The van der Waals surface area contributed by atoms with Gasteiger partial charge in [0, 0.05) is 11.1 Å². The van der Waals surface area contributed by atoms with Crippen LogP contribution in [0.5, 0.6) is 11.5 Å². The Kier molecular flexibility index (Phi) is 6.66. The molecule has 0 N–H and O–H groups in total. The van der Waals surface area contributed by atoms with E-state index in [0.29, 0.717) is 11.1 Å². The molecule has 3 rings (SSSR count). The van der Waals surface area contributed by atoms with E-state index in [1.165, 1.54) is 43.5 Å². The number of oxazole rings is 1. The number of aromatic nitrogens is 1. The fraction of sp³-hybridized carbons (Fsp3) is 0.273. The van der Waals surface area contributed by atoms with Crippen LogP contribution in [0.15, 0.2) is 40.8 Å². The number of hydrogen-bond donors (Lipinski definition) is 0. The summed E-state index contributed by atoms with van der Waals surface area (Å²) in [7, 11) is 1.39. The number of carbonyl (C=O) groups is 1. The maximum absolute atomic E-state index is 14.7. The molecule has 0 bridgehead atoms. The molecule has 0 amide bonds. The van der Waals surface area contributed by atoms with Crippen LogP contribution in [0.2, 0.25) is 0 Å². The van der Waals surface area contributed by atoms with Gasteiger partial charge in [0.1, 0.15) is 5.82 Å². The summed E-state index contributed by atoms with van der Waals surface area (Å²) in [6.45, 7) is 3.90. The molecule has 0 atom stereocenters. The molecular weight excluding hydrogens is 396 g/mol. The summed E-state index contributed by atoms with van der Waals surface area (Å²) in [5.41, 5.74) is 1.08. The largest absolute Gasteiger partial charge is 0.493 e. The van der Waals surface area contributed by atoms with E-state index in [1.54, 1.807) is 13.8 Å². The fourth-order valence-corrected chi connectivity index (χ4v) is 2.90. The van der Waals surface area contributed by atoms with Gasteiger partial charge in [0.05, 0.1) is 32.4 Å². The number of halogens is 2. The van der Waals surface area contributed by atoms with Crippen LogP contribution >= 0.6 is 0 Å². The Morgan fingerprint density at radius 1 is 1.07 bits per heavy atom. The van der Waals surface area contributed by atoms with Crippen molar-refractivity contribution in [2.45, 2.75) is 20.3 Å².